The average molecular weight is 347 g/mol. The van der Waals surface area contributed by atoms with E-state index < -0.39 is 38.6 Å². The van der Waals surface area contributed by atoms with Crippen LogP contribution in [0.5, 0.6) is 0 Å². The number of alkyl carbamates (subject to hydrolysis) is 1. The summed E-state index contributed by atoms with van der Waals surface area (Å²) in [7, 11) is -4.36. The van der Waals surface area contributed by atoms with E-state index in [-0.39, 0.29) is 69.9 Å². The third-order valence-electron chi connectivity index (χ3n) is 1.37. The second kappa shape index (κ2) is 10.7. The number of nitrogens with one attached hydrogen (secondary N) is 1. The number of rotatable bonds is 5. The van der Waals surface area contributed by atoms with Crippen LogP contribution in [0.1, 0.15) is 20.8 Å². The van der Waals surface area contributed by atoms with Gasteiger partial charge in [0.2, 0.25) is 0 Å². The topological polar surface area (TPSA) is 130 Å². The average Bonchev–Trinajstić information content (AvgIpc) is 2.06. The Kier molecular flexibility index (Phi) is 13.8. The largest absolute Gasteiger partial charge is 0.480 e. The maximum absolute atomic E-state index is 11.3. The fourth-order valence-electron chi connectivity index (χ4n) is 0.779. The second-order valence-electron chi connectivity index (χ2n) is 4.25. The van der Waals surface area contributed by atoms with Crippen molar-refractivity contribution in [3.63, 3.8) is 0 Å². The maximum atomic E-state index is 11.3. The van der Waals surface area contributed by atoms with Crippen LogP contribution in [0, 0.1) is 0 Å². The summed E-state index contributed by atoms with van der Waals surface area (Å²) in [4.78, 5) is 22.0. The van der Waals surface area contributed by atoms with E-state index in [1.54, 1.807) is 20.8 Å². The van der Waals surface area contributed by atoms with E-state index in [1.807, 2.05) is 5.32 Å². The normalized spacial score (nSPS) is 12.4. The second-order valence-corrected chi connectivity index (χ2v) is 7.64. The zero-order valence-electron chi connectivity index (χ0n) is 12.0. The number of carboxylic acid groups (broad SMARTS) is 1. The molecule has 1 atom stereocenters. The quantitative estimate of drug-likeness (QED) is 0.352. The molecule has 12 heteroatoms. The predicted octanol–water partition coefficient (Wildman–Crippen LogP) is -0.261. The fraction of sp³-hybridized carbons (Fsp3) is 0.750. The summed E-state index contributed by atoms with van der Waals surface area (Å²) >= 11 is 0. The molecule has 108 valence electrons. The van der Waals surface area contributed by atoms with Gasteiger partial charge in [-0.3, -0.25) is 4.55 Å². The van der Waals surface area contributed by atoms with E-state index in [1.165, 1.54) is 0 Å². The smallest absolute Gasteiger partial charge is 0.408 e. The molecule has 0 aromatic carbocycles. The van der Waals surface area contributed by atoms with Crippen LogP contribution in [-0.4, -0.2) is 107 Å². The Morgan fingerprint density at radius 2 is 1.75 bits per heavy atom. The molecule has 20 heavy (non-hydrogen) atoms. The summed E-state index contributed by atoms with van der Waals surface area (Å²) in [5.41, 5.74) is -0.802. The first-order chi connectivity index (χ1) is 7.91. The molecule has 0 spiro atoms. The number of carbonyl (C=O) groups excluding carboxylic acids is 1. The zero-order chi connectivity index (χ0) is 14.6. The van der Waals surface area contributed by atoms with Crippen LogP contribution in [0.2, 0.25) is 0 Å². The van der Waals surface area contributed by atoms with Gasteiger partial charge in [-0.2, -0.15) is 8.42 Å². The Morgan fingerprint density at radius 1 is 1.30 bits per heavy atom. The minimum Gasteiger partial charge on any atom is -0.480 e. The van der Waals surface area contributed by atoms with Crippen molar-refractivity contribution in [2.45, 2.75) is 32.4 Å². The molecule has 0 unspecified atom stereocenters. The van der Waals surface area contributed by atoms with Crippen LogP contribution < -0.4 is 5.32 Å². The summed E-state index contributed by atoms with van der Waals surface area (Å²) in [6.45, 7) is 4.78. The first-order valence-electron chi connectivity index (χ1n) is 4.75. The van der Waals surface area contributed by atoms with Crippen molar-refractivity contribution in [1.82, 2.24) is 5.32 Å². The van der Waals surface area contributed by atoms with Gasteiger partial charge in [0, 0.05) is 64.9 Å². The minimum absolute atomic E-state index is 0. The van der Waals surface area contributed by atoms with E-state index in [9.17, 15) is 18.0 Å². The molecule has 0 saturated carbocycles. The van der Waals surface area contributed by atoms with E-state index in [4.69, 9.17) is 14.4 Å². The number of carbonyl (C=O) groups is 2. The molecule has 0 aromatic rings. The molecule has 0 heterocycles. The van der Waals surface area contributed by atoms with Crippen LogP contribution in [0.3, 0.4) is 0 Å². The molecule has 2 radical (unpaired) electrons. The van der Waals surface area contributed by atoms with Crippen LogP contribution in [0.25, 0.3) is 0 Å². The van der Waals surface area contributed by atoms with Crippen molar-refractivity contribution in [2.75, 3.05) is 5.75 Å². The third-order valence-corrected chi connectivity index (χ3v) is 3.44. The molecule has 0 aliphatic carbocycles. The predicted molar refractivity (Wildman–Crippen MR) is 76.3 cm³/mol. The van der Waals surface area contributed by atoms with Gasteiger partial charge in [-0.05, 0) is 31.6 Å². The minimum atomic E-state index is -4.36. The van der Waals surface area contributed by atoms with Crippen molar-refractivity contribution >= 4 is 91.1 Å². The van der Waals surface area contributed by atoms with Gasteiger partial charge >= 0.3 is 21.2 Å². The maximum Gasteiger partial charge on any atom is 0.408 e. The zero-order valence-corrected chi connectivity index (χ0v) is 17.7. The summed E-state index contributed by atoms with van der Waals surface area (Å²) < 4.78 is 34.2. The van der Waals surface area contributed by atoms with Gasteiger partial charge in [0.1, 0.15) is 11.6 Å². The fourth-order valence-corrected chi connectivity index (χ4v) is 2.24. The number of carboxylic acids is 1. The van der Waals surface area contributed by atoms with E-state index in [2.05, 4.69) is 0 Å². The van der Waals surface area contributed by atoms with Gasteiger partial charge in [0.25, 0.3) is 0 Å². The SMILES string of the molecule is CC(C)(C)OC(=O)N[C@@H](CSS(=O)(=O)O)C(=O)O.[Na].[Na]. The summed E-state index contributed by atoms with van der Waals surface area (Å²) in [6, 6.07) is -1.48. The van der Waals surface area contributed by atoms with Gasteiger partial charge < -0.3 is 15.2 Å². The standard InChI is InChI=1S/C8H15NO7S2.2Na/c1-8(2,3)16-7(12)9-5(6(10)11)4-17-18(13,14)15;;/h5H,4H2,1-3H3,(H,9,12)(H,10,11)(H,13,14,15);;/t5-;;/m0../s1. The van der Waals surface area contributed by atoms with Crippen LogP contribution in [0.4, 0.5) is 4.79 Å². The van der Waals surface area contributed by atoms with Crippen molar-refractivity contribution in [3.05, 3.63) is 0 Å². The first kappa shape index (κ1) is 25.9. The number of amides is 1. The molecule has 1 amide bonds. The first-order valence-corrected chi connectivity index (χ1v) is 7.69. The van der Waals surface area contributed by atoms with Crippen molar-refractivity contribution in [2.24, 2.45) is 0 Å². The third kappa shape index (κ3) is 15.4. The van der Waals surface area contributed by atoms with Crippen LogP contribution in [-0.2, 0) is 18.7 Å². The van der Waals surface area contributed by atoms with E-state index in [0.29, 0.717) is 0 Å². The van der Waals surface area contributed by atoms with Crippen LogP contribution in [0.15, 0.2) is 0 Å². The molecule has 0 fully saturated rings. The monoisotopic (exact) mass is 347 g/mol. The van der Waals surface area contributed by atoms with Crippen molar-refractivity contribution in [3.8, 4) is 0 Å². The molecule has 0 rings (SSSR count). The molecule has 0 aromatic heterocycles. The molecule has 0 aliphatic rings. The van der Waals surface area contributed by atoms with Crippen LogP contribution >= 0.6 is 10.8 Å². The summed E-state index contributed by atoms with van der Waals surface area (Å²) in [5, 5.41) is 10.7. The van der Waals surface area contributed by atoms with Crippen molar-refractivity contribution < 1.29 is 32.4 Å². The van der Waals surface area contributed by atoms with Crippen molar-refractivity contribution in [1.29, 1.82) is 0 Å². The molecule has 0 bridgehead atoms. The van der Waals surface area contributed by atoms with Gasteiger partial charge in [0.05, 0.1) is 0 Å². The van der Waals surface area contributed by atoms with Gasteiger partial charge in [-0.15, -0.1) is 0 Å². The Labute approximate surface area is 165 Å². The summed E-state index contributed by atoms with van der Waals surface area (Å²) in [5.74, 6) is -1.97. The molecule has 0 aliphatic heterocycles. The number of hydrogen-bond acceptors (Lipinski definition) is 6. The Morgan fingerprint density at radius 3 is 2.05 bits per heavy atom. The molecular formula is C8H15NNa2O7S2. The van der Waals surface area contributed by atoms with E-state index in [0.717, 1.165) is 0 Å². The Hall–Kier alpha value is 1.00. The Bertz CT molecular complexity index is 421. The molecular weight excluding hydrogens is 332 g/mol. The van der Waals surface area contributed by atoms with Gasteiger partial charge in [0.15, 0.2) is 0 Å². The van der Waals surface area contributed by atoms with Gasteiger partial charge in [-0.1, -0.05) is 0 Å². The number of hydrogen-bond donors (Lipinski definition) is 3. The molecule has 3 N–H and O–H groups in total. The summed E-state index contributed by atoms with van der Waals surface area (Å²) in [6.07, 6.45) is -0.981. The number of aliphatic carboxylic acids is 1. The molecule has 8 nitrogen and oxygen atoms in total. The number of ether oxygens (including phenoxy) is 1. The molecule has 0 saturated heterocycles. The van der Waals surface area contributed by atoms with Gasteiger partial charge in [-0.25, -0.2) is 9.59 Å². The van der Waals surface area contributed by atoms with E-state index >= 15 is 0 Å². The Balaban J connectivity index is -0.00000144.